The molecule has 1 aromatic heterocycles. The van der Waals surface area contributed by atoms with E-state index in [0.717, 1.165) is 0 Å². The molecule has 0 spiro atoms. The molecule has 13 heavy (non-hydrogen) atoms. The van der Waals surface area contributed by atoms with Crippen molar-refractivity contribution < 1.29 is 9.53 Å². The molecule has 1 aromatic rings. The molecule has 0 fully saturated rings. The van der Waals surface area contributed by atoms with Gasteiger partial charge < -0.3 is 4.74 Å². The fourth-order valence-electron chi connectivity index (χ4n) is 0.538. The second kappa shape index (κ2) is 4.81. The highest BCUT2D eigenvalue weighted by molar-refractivity contribution is 9.18. The number of carbonyl (C=O) groups is 1. The number of carbonyl (C=O) groups excluding carboxylic acids is 1. The summed E-state index contributed by atoms with van der Waals surface area (Å²) in [4.78, 5) is 17.7. The van der Waals surface area contributed by atoms with E-state index in [9.17, 15) is 4.79 Å². The molecule has 0 atom stereocenters. The van der Waals surface area contributed by atoms with Crippen molar-refractivity contribution in [3.63, 3.8) is 0 Å². The summed E-state index contributed by atoms with van der Waals surface area (Å²) in [7, 11) is 0. The highest BCUT2D eigenvalue weighted by Gasteiger charge is 2.13. The van der Waals surface area contributed by atoms with Crippen LogP contribution in [0.25, 0.3) is 0 Å². The zero-order valence-electron chi connectivity index (χ0n) is 5.72. The van der Waals surface area contributed by atoms with Crippen LogP contribution in [0.2, 0.25) is 0 Å². The number of halogens is 4. The number of hydrogen-bond donors (Lipinski definition) is 0. The van der Waals surface area contributed by atoms with Crippen molar-refractivity contribution in [3.05, 3.63) is 13.9 Å². The van der Waals surface area contributed by atoms with Crippen molar-refractivity contribution in [2.75, 3.05) is 0 Å². The normalized spacial score (nSPS) is 9.85. The Balaban J connectivity index is 3.13. The first-order valence-electron chi connectivity index (χ1n) is 2.76. The minimum absolute atomic E-state index is 0.227. The summed E-state index contributed by atoms with van der Waals surface area (Å²) in [6.07, 6.45) is 0. The molecule has 1 heterocycles. The van der Waals surface area contributed by atoms with E-state index >= 15 is 0 Å². The van der Waals surface area contributed by atoms with Gasteiger partial charge in [-0.2, -0.15) is 0 Å². The van der Waals surface area contributed by atoms with Crippen molar-refractivity contribution in [2.24, 2.45) is 0 Å². The van der Waals surface area contributed by atoms with E-state index in [-0.39, 0.29) is 5.75 Å². The van der Waals surface area contributed by atoms with Gasteiger partial charge in [-0.3, -0.25) is 0 Å². The summed E-state index contributed by atoms with van der Waals surface area (Å²) in [5.41, 5.74) is 0. The Morgan fingerprint density at radius 3 is 2.00 bits per heavy atom. The Hall–Kier alpha value is 0.470. The predicted molar refractivity (Wildman–Crippen MR) is 60.1 cm³/mol. The smallest absolute Gasteiger partial charge is 0.380 e. The summed E-state index contributed by atoms with van der Waals surface area (Å²) in [5, 5.41) is 0. The lowest BCUT2D eigenvalue weighted by Gasteiger charge is -2.03. The lowest BCUT2D eigenvalue weighted by atomic mass is 10.6. The molecule has 0 bridgehead atoms. The van der Waals surface area contributed by atoms with Crippen LogP contribution >= 0.6 is 63.7 Å². The maximum atomic E-state index is 10.6. The Morgan fingerprint density at radius 1 is 1.15 bits per heavy atom. The van der Waals surface area contributed by atoms with Crippen LogP contribution in [0, 0.1) is 0 Å². The molecule has 0 aliphatic heterocycles. The van der Waals surface area contributed by atoms with Gasteiger partial charge in [0.2, 0.25) is 0 Å². The number of nitrogens with zero attached hydrogens (tertiary/aromatic N) is 2. The molecule has 1 rings (SSSR count). The second-order valence-electron chi connectivity index (χ2n) is 1.74. The van der Waals surface area contributed by atoms with Crippen LogP contribution in [-0.4, -0.2) is 14.8 Å². The van der Waals surface area contributed by atoms with Crippen molar-refractivity contribution in [1.29, 1.82) is 0 Å². The molecule has 0 radical (unpaired) electrons. The van der Waals surface area contributed by atoms with Gasteiger partial charge in [0.15, 0.2) is 19.7 Å². The molecule has 0 aromatic carbocycles. The van der Waals surface area contributed by atoms with Crippen LogP contribution < -0.4 is 4.74 Å². The summed E-state index contributed by atoms with van der Waals surface area (Å²) in [6.45, 7) is 0. The van der Waals surface area contributed by atoms with E-state index in [1.54, 1.807) is 0 Å². The molecule has 4 nitrogen and oxygen atoms in total. The third-order valence-corrected chi connectivity index (χ3v) is 2.53. The molecule has 0 saturated heterocycles. The van der Waals surface area contributed by atoms with E-state index < -0.39 is 4.88 Å². The lowest BCUT2D eigenvalue weighted by Crippen LogP contribution is -2.00. The van der Waals surface area contributed by atoms with E-state index in [4.69, 9.17) is 4.74 Å². The minimum Gasteiger partial charge on any atom is -0.412 e. The van der Waals surface area contributed by atoms with Gasteiger partial charge in [-0.05, 0) is 47.8 Å². The average Bonchev–Trinajstić information content (AvgIpc) is 1.96. The zero-order chi connectivity index (χ0) is 10.0. The molecule has 0 amide bonds. The summed E-state index contributed by atoms with van der Waals surface area (Å²) < 4.78 is 5.93. The van der Waals surface area contributed by atoms with Crippen LogP contribution in [0.5, 0.6) is 5.75 Å². The van der Waals surface area contributed by atoms with Crippen molar-refractivity contribution in [2.45, 2.75) is 0 Å². The number of hydrogen-bond acceptors (Lipinski definition) is 4. The quantitative estimate of drug-likeness (QED) is 0.381. The molecule has 8 heteroatoms. The third kappa shape index (κ3) is 3.26. The number of rotatable bonds is 1. The first-order chi connectivity index (χ1) is 6.00. The summed E-state index contributed by atoms with van der Waals surface area (Å²) in [5.74, 6) is 0.227. The average molecular weight is 440 g/mol. The van der Waals surface area contributed by atoms with Crippen LogP contribution in [0.3, 0.4) is 0 Å². The van der Waals surface area contributed by atoms with Crippen LogP contribution in [-0.2, 0) is 0 Å². The van der Waals surface area contributed by atoms with E-state index in [1.807, 2.05) is 0 Å². The van der Waals surface area contributed by atoms with Crippen LogP contribution in [0.1, 0.15) is 0 Å². The van der Waals surface area contributed by atoms with E-state index in [2.05, 4.69) is 73.7 Å². The fraction of sp³-hybridized carbons (Fsp3) is 0. The first kappa shape index (κ1) is 11.5. The number of ether oxygens (including phenoxy) is 1. The fourth-order valence-corrected chi connectivity index (χ4v) is 2.67. The zero-order valence-corrected chi connectivity index (χ0v) is 12.1. The predicted octanol–water partition coefficient (Wildman–Crippen LogP) is 3.66. The second-order valence-corrected chi connectivity index (χ2v) is 4.60. The molecule has 0 saturated carbocycles. The van der Waals surface area contributed by atoms with Gasteiger partial charge in [-0.15, -0.1) is 0 Å². The lowest BCUT2D eigenvalue weighted by molar-refractivity contribution is 0.227. The summed E-state index contributed by atoms with van der Waals surface area (Å²) in [6, 6.07) is 0. The van der Waals surface area contributed by atoms with Gasteiger partial charge in [0.05, 0.1) is 0 Å². The topological polar surface area (TPSA) is 52.1 Å². The Labute approximate surface area is 107 Å². The van der Waals surface area contributed by atoms with Gasteiger partial charge in [0.25, 0.3) is 0 Å². The molecular formula is C5Br4N2O2. The standard InChI is InChI=1S/C5Br4N2O2/c6-2-1(13-5(9)12)3(7)11-4(8)10-2. The van der Waals surface area contributed by atoms with Crippen LogP contribution in [0.15, 0.2) is 13.9 Å². The highest BCUT2D eigenvalue weighted by Crippen LogP contribution is 2.31. The molecule has 0 aliphatic carbocycles. The van der Waals surface area contributed by atoms with Crippen molar-refractivity contribution in [1.82, 2.24) is 9.97 Å². The van der Waals surface area contributed by atoms with Gasteiger partial charge >= 0.3 is 4.88 Å². The number of aromatic nitrogens is 2. The molecule has 0 unspecified atom stereocenters. The molecule has 70 valence electrons. The van der Waals surface area contributed by atoms with E-state index in [1.165, 1.54) is 0 Å². The Morgan fingerprint density at radius 2 is 1.62 bits per heavy atom. The minimum atomic E-state index is -0.611. The SMILES string of the molecule is O=C(Br)Oc1c(Br)nc(Br)nc1Br. The van der Waals surface area contributed by atoms with E-state index in [0.29, 0.717) is 13.9 Å². The molecule has 0 N–H and O–H groups in total. The Bertz CT molecular complexity index is 333. The van der Waals surface area contributed by atoms with Crippen molar-refractivity contribution in [3.8, 4) is 5.75 Å². The third-order valence-electron chi connectivity index (χ3n) is 0.938. The van der Waals surface area contributed by atoms with Gasteiger partial charge in [0, 0.05) is 15.9 Å². The van der Waals surface area contributed by atoms with Gasteiger partial charge in [-0.1, -0.05) is 0 Å². The Kier molecular flexibility index (Phi) is 4.27. The van der Waals surface area contributed by atoms with Gasteiger partial charge in [0.1, 0.15) is 0 Å². The highest BCUT2D eigenvalue weighted by atomic mass is 79.9. The molecular weight excluding hydrogens is 440 g/mol. The van der Waals surface area contributed by atoms with Crippen LogP contribution in [0.4, 0.5) is 4.79 Å². The molecule has 0 aliphatic rings. The van der Waals surface area contributed by atoms with Crippen molar-refractivity contribution >= 4 is 68.6 Å². The maximum Gasteiger partial charge on any atom is 0.380 e. The monoisotopic (exact) mass is 436 g/mol. The summed E-state index contributed by atoms with van der Waals surface area (Å²) >= 11 is 11.9. The van der Waals surface area contributed by atoms with Gasteiger partial charge in [-0.25, -0.2) is 14.8 Å². The first-order valence-corrected chi connectivity index (χ1v) is 5.93. The largest absolute Gasteiger partial charge is 0.412 e. The maximum absolute atomic E-state index is 10.6.